The molecule has 0 saturated heterocycles. The highest BCUT2D eigenvalue weighted by Crippen LogP contribution is 2.30. The Morgan fingerprint density at radius 2 is 1.68 bits per heavy atom. The minimum Gasteiger partial charge on any atom is -0.493 e. The monoisotopic (exact) mass is 309 g/mol. The van der Waals surface area contributed by atoms with Crippen LogP contribution in [0.3, 0.4) is 0 Å². The number of rotatable bonds is 5. The second-order valence-electron chi connectivity index (χ2n) is 5.12. The van der Waals surface area contributed by atoms with Crippen molar-refractivity contribution in [3.05, 3.63) is 65.2 Å². The topological polar surface area (TPSA) is 35.2 Å². The van der Waals surface area contributed by atoms with Crippen molar-refractivity contribution in [2.24, 2.45) is 5.73 Å². The summed E-state index contributed by atoms with van der Waals surface area (Å²) in [5.41, 5.74) is 7.32. The van der Waals surface area contributed by atoms with Crippen LogP contribution in [0.1, 0.15) is 22.6 Å². The van der Waals surface area contributed by atoms with Crippen molar-refractivity contribution in [3.63, 3.8) is 0 Å². The van der Waals surface area contributed by atoms with Gasteiger partial charge in [0, 0.05) is 12.5 Å². The third-order valence-corrected chi connectivity index (χ3v) is 3.55. The van der Waals surface area contributed by atoms with E-state index in [9.17, 15) is 13.2 Å². The van der Waals surface area contributed by atoms with Crippen LogP contribution in [-0.2, 0) is 6.18 Å². The van der Waals surface area contributed by atoms with E-state index in [-0.39, 0.29) is 5.92 Å². The fourth-order valence-electron chi connectivity index (χ4n) is 2.27. The van der Waals surface area contributed by atoms with E-state index in [0.29, 0.717) is 18.9 Å². The first-order valence-electron chi connectivity index (χ1n) is 6.97. The number of aryl methyl sites for hydroxylation is 1. The van der Waals surface area contributed by atoms with Crippen molar-refractivity contribution in [1.82, 2.24) is 0 Å². The predicted octanol–water partition coefficient (Wildman–Crippen LogP) is 4.14. The Labute approximate surface area is 127 Å². The normalized spacial score (nSPS) is 13.0. The number of ether oxygens (including phenoxy) is 1. The van der Waals surface area contributed by atoms with Gasteiger partial charge in [0.05, 0.1) is 12.2 Å². The zero-order valence-corrected chi connectivity index (χ0v) is 12.2. The molecule has 1 atom stereocenters. The number of alkyl halides is 3. The summed E-state index contributed by atoms with van der Waals surface area (Å²) in [6.45, 7) is 2.73. The summed E-state index contributed by atoms with van der Waals surface area (Å²) in [7, 11) is 0. The molecule has 0 heterocycles. The van der Waals surface area contributed by atoms with Gasteiger partial charge < -0.3 is 10.5 Å². The lowest BCUT2D eigenvalue weighted by atomic mass is 9.96. The van der Waals surface area contributed by atoms with Crippen molar-refractivity contribution in [2.75, 3.05) is 13.2 Å². The molecule has 0 aromatic heterocycles. The molecule has 2 nitrogen and oxygen atoms in total. The molecule has 5 heteroatoms. The molecule has 2 N–H and O–H groups in total. The first-order valence-corrected chi connectivity index (χ1v) is 6.97. The minimum absolute atomic E-state index is 0.00323. The third kappa shape index (κ3) is 4.01. The smallest absolute Gasteiger partial charge is 0.416 e. The van der Waals surface area contributed by atoms with E-state index in [1.54, 1.807) is 0 Å². The maximum absolute atomic E-state index is 12.5. The van der Waals surface area contributed by atoms with Crippen LogP contribution in [0.15, 0.2) is 48.5 Å². The van der Waals surface area contributed by atoms with Gasteiger partial charge in [-0.15, -0.1) is 0 Å². The van der Waals surface area contributed by atoms with Gasteiger partial charge in [-0.2, -0.15) is 13.2 Å². The van der Waals surface area contributed by atoms with Gasteiger partial charge in [0.15, 0.2) is 0 Å². The first-order chi connectivity index (χ1) is 10.4. The van der Waals surface area contributed by atoms with Crippen LogP contribution in [-0.4, -0.2) is 13.2 Å². The lowest BCUT2D eigenvalue weighted by Gasteiger charge is -2.18. The molecule has 0 saturated carbocycles. The highest BCUT2D eigenvalue weighted by molar-refractivity contribution is 5.31. The number of hydrogen-bond donors (Lipinski definition) is 1. The molecule has 2 aromatic carbocycles. The zero-order valence-electron chi connectivity index (χ0n) is 12.2. The molecule has 0 bridgehead atoms. The average molecular weight is 309 g/mol. The Kier molecular flexibility index (Phi) is 5.08. The van der Waals surface area contributed by atoms with Crippen molar-refractivity contribution < 1.29 is 17.9 Å². The van der Waals surface area contributed by atoms with Gasteiger partial charge in [-0.05, 0) is 42.3 Å². The van der Waals surface area contributed by atoms with Crippen molar-refractivity contribution in [3.8, 4) is 5.75 Å². The molecule has 0 spiro atoms. The maximum Gasteiger partial charge on any atom is 0.416 e. The van der Waals surface area contributed by atoms with Gasteiger partial charge in [0.25, 0.3) is 0 Å². The minimum atomic E-state index is -4.33. The molecular formula is C17H18F3NO. The second kappa shape index (κ2) is 6.83. The summed E-state index contributed by atoms with van der Waals surface area (Å²) in [6, 6.07) is 12.6. The molecule has 0 aliphatic heterocycles. The SMILES string of the molecule is Cc1ccccc1C(CN)COc1ccc(C(F)(F)F)cc1. The largest absolute Gasteiger partial charge is 0.493 e. The third-order valence-electron chi connectivity index (χ3n) is 3.55. The van der Waals surface area contributed by atoms with E-state index >= 15 is 0 Å². The highest BCUT2D eigenvalue weighted by atomic mass is 19.4. The van der Waals surface area contributed by atoms with Gasteiger partial charge in [-0.25, -0.2) is 0 Å². The van der Waals surface area contributed by atoms with Crippen LogP contribution in [0, 0.1) is 6.92 Å². The Balaban J connectivity index is 2.04. The van der Waals surface area contributed by atoms with Crippen LogP contribution >= 0.6 is 0 Å². The highest BCUT2D eigenvalue weighted by Gasteiger charge is 2.30. The molecule has 2 aromatic rings. The van der Waals surface area contributed by atoms with E-state index < -0.39 is 11.7 Å². The molecular weight excluding hydrogens is 291 g/mol. The molecule has 2 rings (SSSR count). The van der Waals surface area contributed by atoms with Gasteiger partial charge in [0.1, 0.15) is 5.75 Å². The van der Waals surface area contributed by atoms with Gasteiger partial charge in [0.2, 0.25) is 0 Å². The predicted molar refractivity (Wildman–Crippen MR) is 79.9 cm³/mol. The standard InChI is InChI=1S/C17H18F3NO/c1-12-4-2-3-5-16(12)13(10-21)11-22-15-8-6-14(7-9-15)17(18,19)20/h2-9,13H,10-11,21H2,1H3. The summed E-state index contributed by atoms with van der Waals surface area (Å²) < 4.78 is 43.1. The van der Waals surface area contributed by atoms with Crippen LogP contribution < -0.4 is 10.5 Å². The summed E-state index contributed by atoms with van der Waals surface area (Å²) in [5.74, 6) is 0.406. The quantitative estimate of drug-likeness (QED) is 0.901. The summed E-state index contributed by atoms with van der Waals surface area (Å²) >= 11 is 0. The van der Waals surface area contributed by atoms with E-state index in [1.807, 2.05) is 31.2 Å². The van der Waals surface area contributed by atoms with Gasteiger partial charge in [-0.3, -0.25) is 0 Å². The average Bonchev–Trinajstić information content (AvgIpc) is 2.49. The lowest BCUT2D eigenvalue weighted by molar-refractivity contribution is -0.137. The second-order valence-corrected chi connectivity index (χ2v) is 5.12. The van der Waals surface area contributed by atoms with Crippen LogP contribution in [0.25, 0.3) is 0 Å². The molecule has 0 fully saturated rings. The lowest BCUT2D eigenvalue weighted by Crippen LogP contribution is -2.20. The summed E-state index contributed by atoms with van der Waals surface area (Å²) in [5, 5.41) is 0. The number of hydrogen-bond acceptors (Lipinski definition) is 2. The first kappa shape index (κ1) is 16.4. The Bertz CT molecular complexity index is 608. The van der Waals surface area contributed by atoms with Crippen molar-refractivity contribution in [1.29, 1.82) is 0 Å². The molecule has 0 radical (unpaired) electrons. The van der Waals surface area contributed by atoms with E-state index in [1.165, 1.54) is 12.1 Å². The number of nitrogens with two attached hydrogens (primary N) is 1. The zero-order chi connectivity index (χ0) is 16.2. The fourth-order valence-corrected chi connectivity index (χ4v) is 2.27. The van der Waals surface area contributed by atoms with Crippen molar-refractivity contribution in [2.45, 2.75) is 19.0 Å². The molecule has 0 amide bonds. The van der Waals surface area contributed by atoms with Gasteiger partial charge in [-0.1, -0.05) is 24.3 Å². The number of benzene rings is 2. The molecule has 118 valence electrons. The van der Waals surface area contributed by atoms with E-state index in [0.717, 1.165) is 23.3 Å². The maximum atomic E-state index is 12.5. The van der Waals surface area contributed by atoms with Crippen LogP contribution in [0.4, 0.5) is 13.2 Å². The van der Waals surface area contributed by atoms with Gasteiger partial charge >= 0.3 is 6.18 Å². The van der Waals surface area contributed by atoms with E-state index in [4.69, 9.17) is 10.5 Å². The van der Waals surface area contributed by atoms with Crippen molar-refractivity contribution >= 4 is 0 Å². The Morgan fingerprint density at radius 3 is 2.23 bits per heavy atom. The van der Waals surface area contributed by atoms with Crippen LogP contribution in [0.5, 0.6) is 5.75 Å². The molecule has 0 aliphatic rings. The molecule has 22 heavy (non-hydrogen) atoms. The molecule has 0 aliphatic carbocycles. The fraction of sp³-hybridized carbons (Fsp3) is 0.294. The molecule has 1 unspecified atom stereocenters. The number of halogens is 3. The summed E-state index contributed by atoms with van der Waals surface area (Å²) in [4.78, 5) is 0. The Hall–Kier alpha value is -2.01. The Morgan fingerprint density at radius 1 is 1.05 bits per heavy atom. The van der Waals surface area contributed by atoms with Crippen LogP contribution in [0.2, 0.25) is 0 Å². The van der Waals surface area contributed by atoms with E-state index in [2.05, 4.69) is 0 Å². The summed E-state index contributed by atoms with van der Waals surface area (Å²) in [6.07, 6.45) is -4.33.